The molecule has 3 heteroatoms. The Morgan fingerprint density at radius 2 is 1.93 bits per heavy atom. The predicted octanol–water partition coefficient (Wildman–Crippen LogP) is 2.25. The van der Waals surface area contributed by atoms with Crippen LogP contribution in [0.3, 0.4) is 0 Å². The van der Waals surface area contributed by atoms with Gasteiger partial charge < -0.3 is 0 Å². The molecule has 1 aliphatic carbocycles. The second kappa shape index (κ2) is 2.97. The van der Waals surface area contributed by atoms with E-state index in [1.54, 1.807) is 0 Å². The maximum Gasteiger partial charge on any atom is 0.154 e. The molecule has 0 aromatic heterocycles. The Balaban J connectivity index is 2.41. The molecule has 0 bridgehead atoms. The normalized spacial score (nSPS) is 45.7. The molecule has 3 atom stereocenters. The number of hydrogen-bond donors (Lipinski definition) is 0. The summed E-state index contributed by atoms with van der Waals surface area (Å²) in [5.74, 6) is 1.34. The fourth-order valence-corrected chi connectivity index (χ4v) is 6.45. The highest BCUT2D eigenvalue weighted by atomic mass is 32.2. The summed E-state index contributed by atoms with van der Waals surface area (Å²) in [6.45, 7) is 6.50. The molecule has 0 aromatic carbocycles. The first kappa shape index (κ1) is 10.5. The molecule has 1 heterocycles. The highest BCUT2D eigenvalue weighted by Crippen LogP contribution is 2.53. The number of sulfone groups is 1. The van der Waals surface area contributed by atoms with Gasteiger partial charge in [0, 0.05) is 0 Å². The minimum atomic E-state index is -2.78. The maximum absolute atomic E-state index is 12.0. The lowest BCUT2D eigenvalue weighted by atomic mass is 9.70. The highest BCUT2D eigenvalue weighted by molar-refractivity contribution is 7.92. The van der Waals surface area contributed by atoms with Gasteiger partial charge in [-0.05, 0) is 30.1 Å². The van der Waals surface area contributed by atoms with Crippen LogP contribution in [0.4, 0.5) is 0 Å². The van der Waals surface area contributed by atoms with E-state index < -0.39 is 9.84 Å². The highest BCUT2D eigenvalue weighted by Gasteiger charge is 2.56. The van der Waals surface area contributed by atoms with E-state index in [1.165, 1.54) is 0 Å². The Labute approximate surface area is 87.0 Å². The van der Waals surface area contributed by atoms with Crippen LogP contribution in [0.2, 0.25) is 0 Å². The predicted molar refractivity (Wildman–Crippen MR) is 57.9 cm³/mol. The van der Waals surface area contributed by atoms with Gasteiger partial charge in [0.2, 0.25) is 0 Å². The van der Waals surface area contributed by atoms with E-state index in [-0.39, 0.29) is 10.7 Å². The second-order valence-electron chi connectivity index (χ2n) is 5.54. The molecule has 3 unspecified atom stereocenters. The largest absolute Gasteiger partial charge is 0.229 e. The number of hydrogen-bond acceptors (Lipinski definition) is 2. The summed E-state index contributed by atoms with van der Waals surface area (Å²) in [4.78, 5) is 0. The molecule has 0 N–H and O–H groups in total. The Morgan fingerprint density at radius 1 is 1.29 bits per heavy atom. The molecule has 2 rings (SSSR count). The van der Waals surface area contributed by atoms with Gasteiger partial charge in [-0.3, -0.25) is 0 Å². The molecule has 14 heavy (non-hydrogen) atoms. The molecule has 0 aromatic rings. The monoisotopic (exact) mass is 216 g/mol. The maximum atomic E-state index is 12.0. The van der Waals surface area contributed by atoms with E-state index in [1.807, 2.05) is 0 Å². The lowest BCUT2D eigenvalue weighted by Gasteiger charge is -2.33. The van der Waals surface area contributed by atoms with Crippen LogP contribution in [-0.2, 0) is 9.84 Å². The molecule has 0 radical (unpaired) electrons. The summed E-state index contributed by atoms with van der Waals surface area (Å²) >= 11 is 0. The first-order valence-electron chi connectivity index (χ1n) is 5.59. The van der Waals surface area contributed by atoms with Crippen LogP contribution < -0.4 is 0 Å². The topological polar surface area (TPSA) is 34.1 Å². The minimum Gasteiger partial charge on any atom is -0.229 e. The van der Waals surface area contributed by atoms with E-state index in [9.17, 15) is 8.42 Å². The summed E-state index contributed by atoms with van der Waals surface area (Å²) in [6, 6.07) is 0. The van der Waals surface area contributed by atoms with Crippen molar-refractivity contribution in [2.45, 2.75) is 45.3 Å². The average Bonchev–Trinajstić information content (AvgIpc) is 2.55. The molecule has 2 fully saturated rings. The summed E-state index contributed by atoms with van der Waals surface area (Å²) in [5, 5.41) is -0.00472. The molecule has 2 aliphatic rings. The SMILES string of the molecule is CC(C)C1(C)CS(=O)(=O)C2CCCC21. The molecular weight excluding hydrogens is 196 g/mol. The lowest BCUT2D eigenvalue weighted by molar-refractivity contribution is 0.165. The summed E-state index contributed by atoms with van der Waals surface area (Å²) in [5.41, 5.74) is 0.0417. The first-order chi connectivity index (χ1) is 6.38. The van der Waals surface area contributed by atoms with E-state index >= 15 is 0 Å². The van der Waals surface area contributed by atoms with Crippen LogP contribution in [-0.4, -0.2) is 19.4 Å². The summed E-state index contributed by atoms with van der Waals surface area (Å²) in [6.07, 6.45) is 3.14. The zero-order valence-electron chi connectivity index (χ0n) is 9.29. The fraction of sp³-hybridized carbons (Fsp3) is 1.00. The second-order valence-corrected chi connectivity index (χ2v) is 7.76. The number of fused-ring (bicyclic) bond motifs is 1. The third kappa shape index (κ3) is 1.24. The van der Waals surface area contributed by atoms with Crippen molar-refractivity contribution in [1.29, 1.82) is 0 Å². The Kier molecular flexibility index (Phi) is 2.22. The van der Waals surface area contributed by atoms with Crippen molar-refractivity contribution in [3.8, 4) is 0 Å². The first-order valence-corrected chi connectivity index (χ1v) is 7.31. The van der Waals surface area contributed by atoms with Crippen LogP contribution in [0.25, 0.3) is 0 Å². The third-order valence-electron chi connectivity index (χ3n) is 4.59. The van der Waals surface area contributed by atoms with Crippen molar-refractivity contribution < 1.29 is 8.42 Å². The molecule has 2 nitrogen and oxygen atoms in total. The van der Waals surface area contributed by atoms with Crippen molar-refractivity contribution >= 4 is 9.84 Å². The molecule has 1 saturated heterocycles. The summed E-state index contributed by atoms with van der Waals surface area (Å²) in [7, 11) is -2.78. The van der Waals surface area contributed by atoms with Gasteiger partial charge in [0.15, 0.2) is 9.84 Å². The molecule has 1 saturated carbocycles. The van der Waals surface area contributed by atoms with Gasteiger partial charge in [-0.1, -0.05) is 27.2 Å². The van der Waals surface area contributed by atoms with E-state index in [2.05, 4.69) is 20.8 Å². The minimum absolute atomic E-state index is 0.00472. The van der Waals surface area contributed by atoms with Crippen LogP contribution in [0.1, 0.15) is 40.0 Å². The lowest BCUT2D eigenvalue weighted by Crippen LogP contribution is -2.31. The average molecular weight is 216 g/mol. The van der Waals surface area contributed by atoms with Gasteiger partial charge in [-0.15, -0.1) is 0 Å². The molecule has 1 aliphatic heterocycles. The standard InChI is InChI=1S/C11H20O2S/c1-8(2)11(3)7-14(12,13)10-6-4-5-9(10)11/h8-10H,4-7H2,1-3H3. The van der Waals surface area contributed by atoms with Crippen molar-refractivity contribution in [3.63, 3.8) is 0 Å². The zero-order chi connectivity index (χ0) is 10.6. The molecule has 0 amide bonds. The van der Waals surface area contributed by atoms with Crippen LogP contribution in [0.5, 0.6) is 0 Å². The van der Waals surface area contributed by atoms with Gasteiger partial charge in [0.1, 0.15) is 0 Å². The van der Waals surface area contributed by atoms with Crippen LogP contribution in [0, 0.1) is 17.3 Å². The Bertz CT molecular complexity index is 331. The van der Waals surface area contributed by atoms with Gasteiger partial charge in [-0.2, -0.15) is 0 Å². The van der Waals surface area contributed by atoms with E-state index in [0.717, 1.165) is 19.3 Å². The fourth-order valence-electron chi connectivity index (χ4n) is 3.35. The van der Waals surface area contributed by atoms with Gasteiger partial charge in [-0.25, -0.2) is 8.42 Å². The van der Waals surface area contributed by atoms with E-state index in [4.69, 9.17) is 0 Å². The van der Waals surface area contributed by atoms with Crippen LogP contribution in [0.15, 0.2) is 0 Å². The van der Waals surface area contributed by atoms with Crippen molar-refractivity contribution in [3.05, 3.63) is 0 Å². The van der Waals surface area contributed by atoms with E-state index in [0.29, 0.717) is 17.6 Å². The van der Waals surface area contributed by atoms with Crippen molar-refractivity contribution in [2.75, 3.05) is 5.75 Å². The third-order valence-corrected chi connectivity index (χ3v) is 7.10. The van der Waals surface area contributed by atoms with Crippen molar-refractivity contribution in [2.24, 2.45) is 17.3 Å². The Hall–Kier alpha value is -0.0500. The number of rotatable bonds is 1. The molecule has 0 spiro atoms. The summed E-state index contributed by atoms with van der Waals surface area (Å²) < 4.78 is 23.9. The zero-order valence-corrected chi connectivity index (χ0v) is 10.1. The quantitative estimate of drug-likeness (QED) is 0.673. The smallest absolute Gasteiger partial charge is 0.154 e. The Morgan fingerprint density at radius 3 is 2.50 bits per heavy atom. The van der Waals surface area contributed by atoms with Crippen molar-refractivity contribution in [1.82, 2.24) is 0 Å². The molecule has 82 valence electrons. The molecular formula is C11H20O2S. The van der Waals surface area contributed by atoms with Gasteiger partial charge in [0.25, 0.3) is 0 Å². The van der Waals surface area contributed by atoms with Crippen LogP contribution >= 0.6 is 0 Å². The van der Waals surface area contributed by atoms with Gasteiger partial charge in [0.05, 0.1) is 11.0 Å². The van der Waals surface area contributed by atoms with Gasteiger partial charge >= 0.3 is 0 Å².